The molecule has 0 aliphatic heterocycles. The number of benzene rings is 1. The lowest BCUT2D eigenvalue weighted by Crippen LogP contribution is -2.31. The van der Waals surface area contributed by atoms with Crippen molar-refractivity contribution in [1.29, 1.82) is 0 Å². The van der Waals surface area contributed by atoms with Crippen LogP contribution in [0.1, 0.15) is 25.3 Å². The summed E-state index contributed by atoms with van der Waals surface area (Å²) in [4.78, 5) is 2.48. The van der Waals surface area contributed by atoms with Crippen molar-refractivity contribution in [3.63, 3.8) is 0 Å². The fraction of sp³-hybridized carbons (Fsp3) is 0.600. The average molecular weight is 327 g/mol. The number of anilines is 1. The molecule has 4 heteroatoms. The Labute approximate surface area is 124 Å². The van der Waals surface area contributed by atoms with E-state index in [-0.39, 0.29) is 6.04 Å². The molecule has 0 bridgehead atoms. The molecule has 0 amide bonds. The lowest BCUT2D eigenvalue weighted by molar-refractivity contribution is 0.205. The van der Waals surface area contributed by atoms with Crippen LogP contribution in [0, 0.1) is 0 Å². The maximum atomic E-state index is 5.98. The number of methoxy groups -OCH3 is 1. The fourth-order valence-corrected chi connectivity index (χ4v) is 2.83. The molecule has 1 saturated carbocycles. The maximum absolute atomic E-state index is 5.98. The van der Waals surface area contributed by atoms with Crippen LogP contribution in [0.25, 0.3) is 0 Å². The Kier molecular flexibility index (Phi) is 5.25. The van der Waals surface area contributed by atoms with Crippen LogP contribution < -0.4 is 10.6 Å². The van der Waals surface area contributed by atoms with E-state index in [0.717, 1.165) is 24.0 Å². The van der Waals surface area contributed by atoms with Crippen LogP contribution in [-0.2, 0) is 11.2 Å². The van der Waals surface area contributed by atoms with Gasteiger partial charge in [0.2, 0.25) is 0 Å². The van der Waals surface area contributed by atoms with Crippen LogP contribution in [0.5, 0.6) is 0 Å². The molecule has 0 radical (unpaired) electrons. The normalized spacial score (nSPS) is 16.4. The molecule has 1 aromatic rings. The molecule has 2 rings (SSSR count). The molecule has 1 aliphatic rings. The highest BCUT2D eigenvalue weighted by Crippen LogP contribution is 2.35. The first-order valence-corrected chi connectivity index (χ1v) is 7.70. The zero-order valence-electron chi connectivity index (χ0n) is 11.7. The van der Waals surface area contributed by atoms with Gasteiger partial charge in [0.1, 0.15) is 0 Å². The molecule has 0 saturated heterocycles. The number of hydrogen-bond donors (Lipinski definition) is 1. The van der Waals surface area contributed by atoms with E-state index in [1.165, 1.54) is 24.1 Å². The summed E-state index contributed by atoms with van der Waals surface area (Å²) in [7, 11) is 1.76. The van der Waals surface area contributed by atoms with E-state index in [2.05, 4.69) is 46.0 Å². The molecule has 19 heavy (non-hydrogen) atoms. The zero-order chi connectivity index (χ0) is 13.8. The van der Waals surface area contributed by atoms with Gasteiger partial charge in [-0.15, -0.1) is 0 Å². The molecule has 1 fully saturated rings. The number of nitrogens with two attached hydrogens (primary N) is 1. The second-order valence-electron chi connectivity index (χ2n) is 5.37. The molecule has 1 unspecified atom stereocenters. The molecule has 2 N–H and O–H groups in total. The SMILES string of the molecule is COCCN(c1ccc(Br)cc1CC(C)N)C1CC1. The van der Waals surface area contributed by atoms with E-state index in [1.807, 2.05) is 0 Å². The smallest absolute Gasteiger partial charge is 0.0637 e. The summed E-state index contributed by atoms with van der Waals surface area (Å²) in [6.45, 7) is 3.78. The van der Waals surface area contributed by atoms with Gasteiger partial charge in [-0.3, -0.25) is 0 Å². The van der Waals surface area contributed by atoms with Crippen LogP contribution in [0.15, 0.2) is 22.7 Å². The van der Waals surface area contributed by atoms with Crippen molar-refractivity contribution < 1.29 is 4.74 Å². The Hall–Kier alpha value is -0.580. The Bertz CT molecular complexity index is 419. The van der Waals surface area contributed by atoms with E-state index in [9.17, 15) is 0 Å². The topological polar surface area (TPSA) is 38.5 Å². The number of halogens is 1. The molecule has 0 heterocycles. The van der Waals surface area contributed by atoms with Crippen LogP contribution in [-0.4, -0.2) is 32.3 Å². The van der Waals surface area contributed by atoms with Gasteiger partial charge in [-0.1, -0.05) is 15.9 Å². The lowest BCUT2D eigenvalue weighted by Gasteiger charge is -2.27. The van der Waals surface area contributed by atoms with Crippen molar-refractivity contribution in [1.82, 2.24) is 0 Å². The van der Waals surface area contributed by atoms with E-state index >= 15 is 0 Å². The van der Waals surface area contributed by atoms with Crippen molar-refractivity contribution in [2.45, 2.75) is 38.3 Å². The Morgan fingerprint density at radius 1 is 1.47 bits per heavy atom. The van der Waals surface area contributed by atoms with Crippen LogP contribution >= 0.6 is 15.9 Å². The van der Waals surface area contributed by atoms with Crippen LogP contribution in [0.2, 0.25) is 0 Å². The molecular weight excluding hydrogens is 304 g/mol. The van der Waals surface area contributed by atoms with Gasteiger partial charge >= 0.3 is 0 Å². The minimum absolute atomic E-state index is 0.177. The molecule has 1 atom stereocenters. The Morgan fingerprint density at radius 2 is 2.21 bits per heavy atom. The minimum Gasteiger partial charge on any atom is -0.383 e. The first kappa shape index (κ1) is 14.8. The third-order valence-electron chi connectivity index (χ3n) is 3.42. The van der Waals surface area contributed by atoms with Crippen molar-refractivity contribution in [2.24, 2.45) is 5.73 Å². The third kappa shape index (κ3) is 4.20. The summed E-state index contributed by atoms with van der Waals surface area (Å²) in [5.74, 6) is 0. The van der Waals surface area contributed by atoms with Gasteiger partial charge in [0, 0.05) is 35.9 Å². The van der Waals surface area contributed by atoms with E-state index in [1.54, 1.807) is 7.11 Å². The van der Waals surface area contributed by atoms with Crippen molar-refractivity contribution in [2.75, 3.05) is 25.2 Å². The summed E-state index contributed by atoms with van der Waals surface area (Å²) in [5, 5.41) is 0. The van der Waals surface area contributed by atoms with Crippen molar-refractivity contribution in [3.05, 3.63) is 28.2 Å². The molecule has 3 nitrogen and oxygen atoms in total. The quantitative estimate of drug-likeness (QED) is 0.837. The number of rotatable bonds is 7. The first-order valence-electron chi connectivity index (χ1n) is 6.91. The number of ether oxygens (including phenoxy) is 1. The second-order valence-corrected chi connectivity index (χ2v) is 6.29. The van der Waals surface area contributed by atoms with Crippen LogP contribution in [0.4, 0.5) is 5.69 Å². The standard InChI is InChI=1S/C15H23BrN2O/c1-11(17)9-12-10-13(16)3-6-15(12)18(7-8-19-2)14-4-5-14/h3,6,10-11,14H,4-5,7-9,17H2,1-2H3. The second kappa shape index (κ2) is 6.73. The summed E-state index contributed by atoms with van der Waals surface area (Å²) < 4.78 is 6.36. The maximum Gasteiger partial charge on any atom is 0.0637 e. The molecule has 106 valence electrons. The summed E-state index contributed by atoms with van der Waals surface area (Å²) in [6.07, 6.45) is 3.49. The number of hydrogen-bond acceptors (Lipinski definition) is 3. The van der Waals surface area contributed by atoms with E-state index in [4.69, 9.17) is 10.5 Å². The van der Waals surface area contributed by atoms with Crippen molar-refractivity contribution in [3.8, 4) is 0 Å². The van der Waals surface area contributed by atoms with Gasteiger partial charge in [0.25, 0.3) is 0 Å². The van der Waals surface area contributed by atoms with E-state index < -0.39 is 0 Å². The molecular formula is C15H23BrN2O. The average Bonchev–Trinajstić information content (AvgIpc) is 3.15. The third-order valence-corrected chi connectivity index (χ3v) is 3.91. The fourth-order valence-electron chi connectivity index (χ4n) is 2.42. The highest BCUT2D eigenvalue weighted by atomic mass is 79.9. The molecule has 0 aromatic heterocycles. The lowest BCUT2D eigenvalue weighted by atomic mass is 10.0. The largest absolute Gasteiger partial charge is 0.383 e. The van der Waals surface area contributed by atoms with Gasteiger partial charge < -0.3 is 15.4 Å². The first-order chi connectivity index (χ1) is 9.11. The predicted octanol–water partition coefficient (Wildman–Crippen LogP) is 2.95. The van der Waals surface area contributed by atoms with Gasteiger partial charge in [-0.05, 0) is 49.9 Å². The predicted molar refractivity (Wildman–Crippen MR) is 83.7 cm³/mol. The van der Waals surface area contributed by atoms with Crippen LogP contribution in [0.3, 0.4) is 0 Å². The van der Waals surface area contributed by atoms with E-state index in [0.29, 0.717) is 6.04 Å². The minimum atomic E-state index is 0.177. The highest BCUT2D eigenvalue weighted by Gasteiger charge is 2.30. The van der Waals surface area contributed by atoms with Gasteiger partial charge in [-0.25, -0.2) is 0 Å². The Morgan fingerprint density at radius 3 is 2.79 bits per heavy atom. The molecule has 1 aromatic carbocycles. The highest BCUT2D eigenvalue weighted by molar-refractivity contribution is 9.10. The van der Waals surface area contributed by atoms with Crippen molar-refractivity contribution >= 4 is 21.6 Å². The Balaban J connectivity index is 2.24. The summed E-state index contributed by atoms with van der Waals surface area (Å²) in [5.41, 5.74) is 8.62. The molecule has 1 aliphatic carbocycles. The number of nitrogens with zero attached hydrogens (tertiary/aromatic N) is 1. The zero-order valence-corrected chi connectivity index (χ0v) is 13.3. The molecule has 0 spiro atoms. The summed E-state index contributed by atoms with van der Waals surface area (Å²) in [6, 6.07) is 7.37. The monoisotopic (exact) mass is 326 g/mol. The van der Waals surface area contributed by atoms with Gasteiger partial charge in [0.15, 0.2) is 0 Å². The summed E-state index contributed by atoms with van der Waals surface area (Å²) >= 11 is 3.56. The van der Waals surface area contributed by atoms with Gasteiger partial charge in [0.05, 0.1) is 6.61 Å². The van der Waals surface area contributed by atoms with Gasteiger partial charge in [-0.2, -0.15) is 0 Å².